The lowest BCUT2D eigenvalue weighted by Crippen LogP contribution is -2.46. The largest absolute Gasteiger partial charge is 0.436 e. The third-order valence-electron chi connectivity index (χ3n) is 5.80. The Kier molecular flexibility index (Phi) is 4.52. The van der Waals surface area contributed by atoms with Gasteiger partial charge >= 0.3 is 6.09 Å². The zero-order valence-corrected chi connectivity index (χ0v) is 16.4. The molecule has 1 aromatic heterocycles. The summed E-state index contributed by atoms with van der Waals surface area (Å²) in [7, 11) is 0. The smallest absolute Gasteiger partial charge is 0.413 e. The van der Waals surface area contributed by atoms with E-state index < -0.39 is 17.9 Å². The highest BCUT2D eigenvalue weighted by Crippen LogP contribution is 2.46. The maximum absolute atomic E-state index is 12.9. The molecule has 1 amide bonds. The number of cyclic esters (lactones) is 1. The summed E-state index contributed by atoms with van der Waals surface area (Å²) in [6.07, 6.45) is 1.23. The number of carbonyl (C=O) groups is 1. The van der Waals surface area contributed by atoms with E-state index in [-0.39, 0.29) is 0 Å². The van der Waals surface area contributed by atoms with Crippen LogP contribution in [0.3, 0.4) is 0 Å². The number of nitrogens with zero attached hydrogens (tertiary/aromatic N) is 1. The predicted octanol–water partition coefficient (Wildman–Crippen LogP) is 4.75. The molecule has 3 aromatic carbocycles. The maximum atomic E-state index is 12.9. The van der Waals surface area contributed by atoms with Gasteiger partial charge in [-0.2, -0.15) is 0 Å². The molecule has 4 aromatic rings. The molecule has 0 bridgehead atoms. The first-order valence-electron chi connectivity index (χ1n) is 10.0. The lowest BCUT2D eigenvalue weighted by atomic mass is 9.91. The molecule has 0 unspecified atom stereocenters. The number of carbonyl (C=O) groups excluding carboxylic acids is 1. The van der Waals surface area contributed by atoms with Crippen molar-refractivity contribution in [3.05, 3.63) is 108 Å². The number of rotatable bonds is 5. The molecule has 1 aliphatic heterocycles. The average Bonchev–Trinajstić information content (AvgIpc) is 3.32. The number of ether oxygens (including phenoxy) is 1. The van der Waals surface area contributed by atoms with Crippen molar-refractivity contribution in [2.24, 2.45) is 0 Å². The van der Waals surface area contributed by atoms with Gasteiger partial charge in [0.25, 0.3) is 0 Å². The Bertz CT molecular complexity index is 1170. The summed E-state index contributed by atoms with van der Waals surface area (Å²) in [5.41, 5.74) is 1.94. The molecule has 5 nitrogen and oxygen atoms in total. The Labute approximate surface area is 174 Å². The molecule has 5 heteroatoms. The number of hydrogen-bond donors (Lipinski definition) is 2. The summed E-state index contributed by atoms with van der Waals surface area (Å²) in [6, 6.07) is 26.7. The average molecular weight is 398 g/mol. The van der Waals surface area contributed by atoms with Crippen LogP contribution < -0.4 is 0 Å². The van der Waals surface area contributed by atoms with Gasteiger partial charge < -0.3 is 14.8 Å². The van der Waals surface area contributed by atoms with Gasteiger partial charge in [-0.05, 0) is 23.6 Å². The second-order valence-corrected chi connectivity index (χ2v) is 7.53. The number of H-pyrrole nitrogens is 1. The van der Waals surface area contributed by atoms with E-state index in [0.29, 0.717) is 18.5 Å². The minimum absolute atomic E-state index is 0.329. The van der Waals surface area contributed by atoms with Gasteiger partial charge in [0.15, 0.2) is 6.10 Å². The van der Waals surface area contributed by atoms with E-state index in [9.17, 15) is 9.90 Å². The number of fused-ring (bicyclic) bond motifs is 1. The minimum atomic E-state index is -1.59. The summed E-state index contributed by atoms with van der Waals surface area (Å²) in [5, 5.41) is 13.0. The number of aliphatic hydroxyl groups is 1. The molecular formula is C25H22N2O3. The molecule has 0 aliphatic carbocycles. The number of aromatic nitrogens is 1. The molecule has 0 radical (unpaired) electrons. The third-order valence-corrected chi connectivity index (χ3v) is 5.80. The standard InChI is InChI=1S/C25H22N2O3/c28-24-27(16-15-19-17-26-22-14-8-7-13-21(19)22)25(29,20-11-5-2-6-12-20)23(30-24)18-9-3-1-4-10-18/h1-14,17,23,26,29H,15-16H2/t23-,25-/m0/s1. The van der Waals surface area contributed by atoms with Gasteiger partial charge in [0.1, 0.15) is 0 Å². The second kappa shape index (κ2) is 7.35. The molecule has 0 spiro atoms. The molecule has 30 heavy (non-hydrogen) atoms. The van der Waals surface area contributed by atoms with Crippen LogP contribution in [-0.2, 0) is 16.9 Å². The Morgan fingerprint density at radius 2 is 1.60 bits per heavy atom. The monoisotopic (exact) mass is 398 g/mol. The van der Waals surface area contributed by atoms with Crippen LogP contribution in [0.4, 0.5) is 4.79 Å². The van der Waals surface area contributed by atoms with Crippen molar-refractivity contribution in [1.29, 1.82) is 0 Å². The first kappa shape index (κ1) is 18.5. The Morgan fingerprint density at radius 1 is 0.933 bits per heavy atom. The van der Waals surface area contributed by atoms with Crippen LogP contribution in [0.15, 0.2) is 91.1 Å². The highest BCUT2D eigenvalue weighted by Gasteiger charge is 2.55. The zero-order valence-electron chi connectivity index (χ0n) is 16.4. The highest BCUT2D eigenvalue weighted by atomic mass is 16.6. The first-order chi connectivity index (χ1) is 14.7. The van der Waals surface area contributed by atoms with Crippen LogP contribution in [0.25, 0.3) is 10.9 Å². The van der Waals surface area contributed by atoms with Crippen LogP contribution in [-0.4, -0.2) is 27.6 Å². The van der Waals surface area contributed by atoms with Gasteiger partial charge in [0.05, 0.1) is 0 Å². The Balaban J connectivity index is 1.51. The zero-order chi connectivity index (χ0) is 20.6. The molecular weight excluding hydrogens is 376 g/mol. The number of para-hydroxylation sites is 1. The van der Waals surface area contributed by atoms with Crippen LogP contribution in [0, 0.1) is 0 Å². The molecule has 150 valence electrons. The van der Waals surface area contributed by atoms with Crippen molar-refractivity contribution < 1.29 is 14.6 Å². The minimum Gasteiger partial charge on any atom is -0.436 e. The SMILES string of the molecule is O=C1O[C@@H](c2ccccc2)[C@@](O)(c2ccccc2)N1CCc1c[nH]c2ccccc12. The van der Waals surface area contributed by atoms with Crippen molar-refractivity contribution in [2.75, 3.05) is 6.54 Å². The highest BCUT2D eigenvalue weighted by molar-refractivity contribution is 5.83. The van der Waals surface area contributed by atoms with Gasteiger partial charge in [0, 0.05) is 29.2 Å². The van der Waals surface area contributed by atoms with Gasteiger partial charge in [0.2, 0.25) is 5.72 Å². The third kappa shape index (κ3) is 2.95. The van der Waals surface area contributed by atoms with Gasteiger partial charge in [-0.25, -0.2) is 4.79 Å². The number of aromatic amines is 1. The fraction of sp³-hybridized carbons (Fsp3) is 0.160. The number of amides is 1. The molecule has 2 heterocycles. The second-order valence-electron chi connectivity index (χ2n) is 7.53. The van der Waals surface area contributed by atoms with E-state index in [4.69, 9.17) is 4.74 Å². The van der Waals surface area contributed by atoms with Crippen LogP contribution in [0.1, 0.15) is 22.8 Å². The van der Waals surface area contributed by atoms with E-state index in [2.05, 4.69) is 11.1 Å². The topological polar surface area (TPSA) is 65.6 Å². The van der Waals surface area contributed by atoms with Crippen LogP contribution in [0.5, 0.6) is 0 Å². The van der Waals surface area contributed by atoms with Gasteiger partial charge in [-0.1, -0.05) is 78.9 Å². The molecule has 2 N–H and O–H groups in total. The van der Waals surface area contributed by atoms with Crippen LogP contribution >= 0.6 is 0 Å². The van der Waals surface area contributed by atoms with Crippen molar-refractivity contribution >= 4 is 17.0 Å². The maximum Gasteiger partial charge on any atom is 0.413 e. The number of benzene rings is 3. The fourth-order valence-corrected chi connectivity index (χ4v) is 4.28. The summed E-state index contributed by atoms with van der Waals surface area (Å²) in [4.78, 5) is 17.6. The molecule has 5 rings (SSSR count). The normalized spacial score (nSPS) is 21.2. The summed E-state index contributed by atoms with van der Waals surface area (Å²) < 4.78 is 5.72. The molecule has 1 fully saturated rings. The summed E-state index contributed by atoms with van der Waals surface area (Å²) >= 11 is 0. The van der Waals surface area contributed by atoms with Crippen molar-refractivity contribution in [2.45, 2.75) is 18.2 Å². The lowest BCUT2D eigenvalue weighted by molar-refractivity contribution is -0.109. The van der Waals surface area contributed by atoms with Gasteiger partial charge in [-0.3, -0.25) is 4.90 Å². The first-order valence-corrected chi connectivity index (χ1v) is 10.0. The van der Waals surface area contributed by atoms with E-state index in [1.54, 1.807) is 0 Å². The van der Waals surface area contributed by atoms with Crippen molar-refractivity contribution in [3.8, 4) is 0 Å². The summed E-state index contributed by atoms with van der Waals surface area (Å²) in [5.74, 6) is 0. The number of nitrogens with one attached hydrogen (secondary N) is 1. The Hall–Kier alpha value is -3.57. The number of hydrogen-bond acceptors (Lipinski definition) is 3. The molecule has 2 atom stereocenters. The Morgan fingerprint density at radius 3 is 2.37 bits per heavy atom. The molecule has 0 saturated carbocycles. The predicted molar refractivity (Wildman–Crippen MR) is 115 cm³/mol. The lowest BCUT2D eigenvalue weighted by Gasteiger charge is -2.34. The van der Waals surface area contributed by atoms with Crippen LogP contribution in [0.2, 0.25) is 0 Å². The quantitative estimate of drug-likeness (QED) is 0.510. The summed E-state index contributed by atoms with van der Waals surface area (Å²) in [6.45, 7) is 0.329. The van der Waals surface area contributed by atoms with E-state index in [1.807, 2.05) is 85.1 Å². The molecule has 1 aliphatic rings. The van der Waals surface area contributed by atoms with E-state index >= 15 is 0 Å². The van der Waals surface area contributed by atoms with E-state index in [1.165, 1.54) is 4.90 Å². The fourth-order valence-electron chi connectivity index (χ4n) is 4.28. The van der Waals surface area contributed by atoms with E-state index in [0.717, 1.165) is 22.0 Å². The molecule has 1 saturated heterocycles. The van der Waals surface area contributed by atoms with Crippen molar-refractivity contribution in [3.63, 3.8) is 0 Å². The van der Waals surface area contributed by atoms with Gasteiger partial charge in [-0.15, -0.1) is 0 Å². The van der Waals surface area contributed by atoms with Crippen molar-refractivity contribution in [1.82, 2.24) is 9.88 Å².